The molecule has 11 heteroatoms. The van der Waals surface area contributed by atoms with Gasteiger partial charge in [-0.25, -0.2) is 19.9 Å². The van der Waals surface area contributed by atoms with Gasteiger partial charge < -0.3 is 10.6 Å². The van der Waals surface area contributed by atoms with E-state index >= 15 is 0 Å². The Bertz CT molecular complexity index is 1140. The second kappa shape index (κ2) is 7.97. The van der Waals surface area contributed by atoms with Gasteiger partial charge in [0.1, 0.15) is 11.5 Å². The Labute approximate surface area is 176 Å². The maximum absolute atomic E-state index is 13.1. The van der Waals surface area contributed by atoms with E-state index in [9.17, 15) is 13.2 Å². The van der Waals surface area contributed by atoms with Crippen LogP contribution in [0.3, 0.4) is 0 Å². The second-order valence-corrected chi connectivity index (χ2v) is 7.40. The molecule has 0 aromatic carbocycles. The third kappa shape index (κ3) is 3.82. The Morgan fingerprint density at radius 3 is 2.77 bits per heavy atom. The first-order valence-corrected chi connectivity index (χ1v) is 9.80. The van der Waals surface area contributed by atoms with Gasteiger partial charge in [-0.1, -0.05) is 0 Å². The van der Waals surface area contributed by atoms with Gasteiger partial charge in [-0.15, -0.1) is 0 Å². The van der Waals surface area contributed by atoms with E-state index in [2.05, 4.69) is 31.8 Å². The number of piperidine rings is 1. The van der Waals surface area contributed by atoms with Crippen LogP contribution in [0.25, 0.3) is 17.2 Å². The van der Waals surface area contributed by atoms with E-state index in [0.29, 0.717) is 11.5 Å². The van der Waals surface area contributed by atoms with Crippen molar-refractivity contribution in [1.29, 1.82) is 0 Å². The summed E-state index contributed by atoms with van der Waals surface area (Å²) in [4.78, 5) is 18.6. The van der Waals surface area contributed by atoms with Gasteiger partial charge in [-0.3, -0.25) is 9.81 Å². The molecule has 0 radical (unpaired) electrons. The summed E-state index contributed by atoms with van der Waals surface area (Å²) in [6, 6.07) is 1.86. The van der Waals surface area contributed by atoms with Crippen LogP contribution in [0, 0.1) is 5.92 Å². The third-order valence-electron chi connectivity index (χ3n) is 5.65. The molecule has 2 unspecified atom stereocenters. The quantitative estimate of drug-likeness (QED) is 0.606. The monoisotopic (exact) mass is 431 g/mol. The van der Waals surface area contributed by atoms with Gasteiger partial charge in [-0.2, -0.15) is 13.2 Å². The van der Waals surface area contributed by atoms with Crippen molar-refractivity contribution in [1.82, 2.24) is 24.3 Å². The fourth-order valence-electron chi connectivity index (χ4n) is 4.05. The van der Waals surface area contributed by atoms with Crippen LogP contribution in [0.4, 0.5) is 19.0 Å². The maximum Gasteiger partial charge on any atom is 0.434 e. The van der Waals surface area contributed by atoms with Crippen LogP contribution in [-0.4, -0.2) is 43.1 Å². The number of rotatable bonds is 4. The Balaban J connectivity index is 1.71. The summed E-state index contributed by atoms with van der Waals surface area (Å²) in [5.74, 6) is 1.10. The van der Waals surface area contributed by atoms with Gasteiger partial charge in [-0.05, 0) is 25.8 Å². The molecule has 4 N–H and O–H groups in total. The van der Waals surface area contributed by atoms with E-state index in [4.69, 9.17) is 11.1 Å². The third-order valence-corrected chi connectivity index (χ3v) is 5.65. The lowest BCUT2D eigenvalue weighted by molar-refractivity contribution is -0.141. The molecule has 8 nitrogen and oxygen atoms in total. The minimum absolute atomic E-state index is 0.0781. The lowest BCUT2D eigenvalue weighted by atomic mass is 9.84. The van der Waals surface area contributed by atoms with Crippen molar-refractivity contribution in [2.24, 2.45) is 11.7 Å². The molecular weight excluding hydrogens is 409 g/mol. The second-order valence-electron chi connectivity index (χ2n) is 7.40. The van der Waals surface area contributed by atoms with Crippen LogP contribution in [0.15, 0.2) is 42.6 Å². The summed E-state index contributed by atoms with van der Waals surface area (Å²) in [6.45, 7) is 2.86. The molecule has 0 saturated carbocycles. The first-order valence-electron chi connectivity index (χ1n) is 9.80. The zero-order valence-corrected chi connectivity index (χ0v) is 16.8. The summed E-state index contributed by atoms with van der Waals surface area (Å²) >= 11 is 0. The topological polar surface area (TPSA) is 111 Å². The van der Waals surface area contributed by atoms with E-state index in [-0.39, 0.29) is 23.4 Å². The molecule has 1 fully saturated rings. The van der Waals surface area contributed by atoms with Crippen molar-refractivity contribution in [3.8, 4) is 11.5 Å². The molecule has 1 saturated heterocycles. The summed E-state index contributed by atoms with van der Waals surface area (Å²) in [7, 11) is 0. The number of fused-ring (bicyclic) bond motifs is 1. The summed E-state index contributed by atoms with van der Waals surface area (Å²) in [6.07, 6.45) is 5.39. The average Bonchev–Trinajstić information content (AvgIpc) is 3.18. The highest BCUT2D eigenvalue weighted by Crippen LogP contribution is 2.32. The summed E-state index contributed by atoms with van der Waals surface area (Å²) < 4.78 is 40.6. The first kappa shape index (κ1) is 20.8. The van der Waals surface area contributed by atoms with Crippen LogP contribution in [0.1, 0.15) is 25.5 Å². The molecule has 3 aromatic rings. The van der Waals surface area contributed by atoms with E-state index in [1.165, 1.54) is 23.0 Å². The van der Waals surface area contributed by atoms with Crippen LogP contribution in [0.2, 0.25) is 0 Å². The number of hydrogen-bond donors (Lipinski definition) is 2. The molecule has 0 bridgehead atoms. The molecule has 3 aromatic heterocycles. The number of hydrogen-bond acceptors (Lipinski definition) is 6. The van der Waals surface area contributed by atoms with E-state index < -0.39 is 11.9 Å². The highest BCUT2D eigenvalue weighted by Gasteiger charge is 2.34. The average molecular weight is 431 g/mol. The zero-order chi connectivity index (χ0) is 22.2. The maximum atomic E-state index is 13.1. The minimum Gasteiger partial charge on any atom is -0.404 e. The van der Waals surface area contributed by atoms with Gasteiger partial charge in [0.05, 0.1) is 12.4 Å². The predicted molar refractivity (Wildman–Crippen MR) is 109 cm³/mol. The Kier molecular flexibility index (Phi) is 5.34. The number of halogens is 3. The van der Waals surface area contributed by atoms with Crippen LogP contribution >= 0.6 is 0 Å². The van der Waals surface area contributed by atoms with Crippen LogP contribution in [-0.2, 0) is 6.18 Å². The van der Waals surface area contributed by atoms with Crippen molar-refractivity contribution in [3.63, 3.8) is 0 Å². The molecule has 162 valence electrons. The minimum atomic E-state index is -4.56. The first-order chi connectivity index (χ1) is 14.8. The predicted octanol–water partition coefficient (Wildman–Crippen LogP) is 1.48. The zero-order valence-electron chi connectivity index (χ0n) is 16.8. The highest BCUT2D eigenvalue weighted by atomic mass is 19.4. The van der Waals surface area contributed by atoms with Crippen molar-refractivity contribution < 1.29 is 18.6 Å². The van der Waals surface area contributed by atoms with Crippen molar-refractivity contribution in [2.75, 3.05) is 11.4 Å². The molecule has 31 heavy (non-hydrogen) atoms. The molecule has 0 amide bonds. The Morgan fingerprint density at radius 2 is 2.06 bits per heavy atom. The molecule has 1 aliphatic rings. The van der Waals surface area contributed by atoms with Gasteiger partial charge >= 0.3 is 6.18 Å². The Morgan fingerprint density at radius 1 is 1.26 bits per heavy atom. The van der Waals surface area contributed by atoms with Gasteiger partial charge in [0.2, 0.25) is 0 Å². The number of nitrogens with two attached hydrogens (primary N) is 2. The summed E-state index contributed by atoms with van der Waals surface area (Å²) in [5.41, 5.74) is 6.22. The van der Waals surface area contributed by atoms with E-state index in [1.54, 1.807) is 12.3 Å². The van der Waals surface area contributed by atoms with Gasteiger partial charge in [0.25, 0.3) is 0 Å². The Hall–Kier alpha value is -3.50. The fourth-order valence-corrected chi connectivity index (χ4v) is 4.05. The number of imidazole rings is 1. The smallest absolute Gasteiger partial charge is 0.404 e. The number of anilines is 1. The highest BCUT2D eigenvalue weighted by molar-refractivity contribution is 5.74. The fraction of sp³-hybridized carbons (Fsp3) is 0.350. The molecule has 0 spiro atoms. The van der Waals surface area contributed by atoms with Crippen molar-refractivity contribution >= 4 is 17.7 Å². The number of nitrogens with zero attached hydrogens (tertiary/aromatic N) is 6. The molecule has 4 rings (SSSR count). The van der Waals surface area contributed by atoms with Crippen LogP contribution < -0.4 is 16.0 Å². The van der Waals surface area contributed by atoms with E-state index in [0.717, 1.165) is 37.4 Å². The molecule has 2 atom stereocenters. The lowest BCUT2D eigenvalue weighted by Crippen LogP contribution is -2.46. The van der Waals surface area contributed by atoms with Crippen LogP contribution in [0.5, 0.6) is 0 Å². The molecular formula is C20H22F3N8+. The summed E-state index contributed by atoms with van der Waals surface area (Å²) in [5, 5.41) is 5.73. The SMILES string of the molecule is CC1C(/C(C=[NH2+])=C/N)CCCN1c1ccnc(-c2cnc3cnc(C(F)(F)F)cn23)n1. The van der Waals surface area contributed by atoms with Gasteiger partial charge in [0.15, 0.2) is 23.4 Å². The number of alkyl halides is 3. The molecule has 1 aliphatic heterocycles. The van der Waals surface area contributed by atoms with E-state index in [1.807, 2.05) is 0 Å². The van der Waals surface area contributed by atoms with Crippen molar-refractivity contribution in [2.45, 2.75) is 32.0 Å². The normalized spacial score (nSPS) is 20.3. The van der Waals surface area contributed by atoms with Gasteiger partial charge in [0, 0.05) is 42.7 Å². The lowest BCUT2D eigenvalue weighted by Gasteiger charge is -2.40. The molecule has 4 heterocycles. The van der Waals surface area contributed by atoms with Crippen molar-refractivity contribution in [3.05, 3.63) is 48.3 Å². The largest absolute Gasteiger partial charge is 0.434 e. The standard InChI is InChI=1S/C20H21F3N8/c1-12-14(13(7-24)8-25)3-2-6-30(12)17-4-5-26-19(29-17)15-9-28-18-10-27-16(11-31(15)18)20(21,22)23/h4-5,7-12,14,24H,2-3,6,25H2,1H3/p+1/b13-8+,24-7?. The number of aromatic nitrogens is 5. The molecule has 0 aliphatic carbocycles.